The molecular weight excluding hydrogens is 356 g/mol. The van der Waals surface area contributed by atoms with Gasteiger partial charge in [-0.15, -0.1) is 11.8 Å². The lowest BCUT2D eigenvalue weighted by molar-refractivity contribution is -0.158. The van der Waals surface area contributed by atoms with Gasteiger partial charge in [-0.2, -0.15) is 0 Å². The molecule has 4 heteroatoms. The number of ether oxygens (including phenoxy) is 2. The highest BCUT2D eigenvalue weighted by Gasteiger charge is 2.57. The van der Waals surface area contributed by atoms with Gasteiger partial charge in [0.05, 0.1) is 19.8 Å². The molecule has 0 bridgehead atoms. The molecule has 2 aliphatic rings. The minimum absolute atomic E-state index is 0.194. The highest BCUT2D eigenvalue weighted by molar-refractivity contribution is 7.99. The molecule has 0 saturated heterocycles. The Labute approximate surface area is 169 Å². The van der Waals surface area contributed by atoms with Crippen molar-refractivity contribution in [3.63, 3.8) is 0 Å². The van der Waals surface area contributed by atoms with E-state index < -0.39 is 5.60 Å². The van der Waals surface area contributed by atoms with Crippen LogP contribution in [0.15, 0.2) is 23.1 Å². The van der Waals surface area contributed by atoms with E-state index in [9.17, 15) is 5.11 Å². The summed E-state index contributed by atoms with van der Waals surface area (Å²) in [6.07, 6.45) is 5.85. The van der Waals surface area contributed by atoms with Crippen LogP contribution in [0, 0.1) is 22.7 Å². The van der Waals surface area contributed by atoms with Crippen molar-refractivity contribution in [2.75, 3.05) is 20.0 Å². The van der Waals surface area contributed by atoms with Gasteiger partial charge in [0.2, 0.25) is 0 Å². The summed E-state index contributed by atoms with van der Waals surface area (Å²) in [4.78, 5) is 1.14. The predicted molar refractivity (Wildman–Crippen MR) is 113 cm³/mol. The van der Waals surface area contributed by atoms with E-state index >= 15 is 0 Å². The maximum atomic E-state index is 11.3. The molecule has 3 rings (SSSR count). The van der Waals surface area contributed by atoms with Gasteiger partial charge in [0.25, 0.3) is 0 Å². The third kappa shape index (κ3) is 3.98. The van der Waals surface area contributed by atoms with Gasteiger partial charge in [0.1, 0.15) is 11.5 Å². The Morgan fingerprint density at radius 1 is 1.00 bits per heavy atom. The summed E-state index contributed by atoms with van der Waals surface area (Å²) < 4.78 is 10.8. The van der Waals surface area contributed by atoms with Crippen LogP contribution in [-0.2, 0) is 0 Å². The summed E-state index contributed by atoms with van der Waals surface area (Å²) in [6, 6.07) is 6.03. The molecule has 0 radical (unpaired) electrons. The molecule has 4 atom stereocenters. The number of fused-ring (bicyclic) bond motifs is 1. The minimum Gasteiger partial charge on any atom is -0.497 e. The molecule has 1 unspecified atom stereocenters. The van der Waals surface area contributed by atoms with Gasteiger partial charge in [0, 0.05) is 22.6 Å². The average molecular weight is 393 g/mol. The van der Waals surface area contributed by atoms with E-state index in [1.807, 2.05) is 17.8 Å². The quantitative estimate of drug-likeness (QED) is 0.644. The Hall–Kier alpha value is -0.870. The highest BCUT2D eigenvalue weighted by atomic mass is 32.2. The Kier molecular flexibility index (Phi) is 5.80. The second-order valence-electron chi connectivity index (χ2n) is 9.71. The standard InChI is InChI=1S/C23H36O3S/c1-21(2)9-7-10-22(3)19(21)8-11-23(4,24)20(22)15-27-18-13-16(25-5)12-17(14-18)26-6/h12-14,19-20,24H,7-11,15H2,1-6H3/t19-,20?,22-,23+/m0/s1. The number of thioether (sulfide) groups is 1. The Morgan fingerprint density at radius 2 is 1.63 bits per heavy atom. The van der Waals surface area contributed by atoms with Crippen molar-refractivity contribution in [2.45, 2.75) is 70.3 Å². The molecule has 1 aromatic rings. The van der Waals surface area contributed by atoms with Crippen LogP contribution in [0.2, 0.25) is 0 Å². The van der Waals surface area contributed by atoms with Crippen LogP contribution in [0.1, 0.15) is 59.8 Å². The fourth-order valence-electron chi connectivity index (χ4n) is 6.04. The van der Waals surface area contributed by atoms with Crippen molar-refractivity contribution in [1.29, 1.82) is 0 Å². The SMILES string of the molecule is COc1cc(OC)cc(SCC2[C@](C)(O)CC[C@H]3C(C)(C)CCC[C@]23C)c1. The van der Waals surface area contributed by atoms with Crippen LogP contribution in [-0.4, -0.2) is 30.7 Å². The lowest BCUT2D eigenvalue weighted by Gasteiger charge is -2.61. The molecule has 152 valence electrons. The molecule has 2 saturated carbocycles. The number of aliphatic hydroxyl groups is 1. The molecule has 27 heavy (non-hydrogen) atoms. The molecule has 0 amide bonds. The molecule has 3 nitrogen and oxygen atoms in total. The Balaban J connectivity index is 1.85. The zero-order chi connectivity index (χ0) is 19.9. The second-order valence-corrected chi connectivity index (χ2v) is 10.8. The van der Waals surface area contributed by atoms with Gasteiger partial charge < -0.3 is 14.6 Å². The first-order valence-corrected chi connectivity index (χ1v) is 11.2. The normalized spacial score (nSPS) is 35.4. The number of benzene rings is 1. The molecule has 0 aliphatic heterocycles. The zero-order valence-corrected chi connectivity index (χ0v) is 18.6. The zero-order valence-electron chi connectivity index (χ0n) is 17.8. The van der Waals surface area contributed by atoms with Gasteiger partial charge in [-0.05, 0) is 61.5 Å². The fourth-order valence-corrected chi connectivity index (χ4v) is 7.54. The van der Waals surface area contributed by atoms with E-state index in [0.29, 0.717) is 11.3 Å². The number of hydrogen-bond donors (Lipinski definition) is 1. The van der Waals surface area contributed by atoms with Gasteiger partial charge in [-0.25, -0.2) is 0 Å². The molecule has 1 N–H and O–H groups in total. The number of methoxy groups -OCH3 is 2. The third-order valence-electron chi connectivity index (χ3n) is 7.50. The van der Waals surface area contributed by atoms with E-state index in [1.54, 1.807) is 14.2 Å². The van der Waals surface area contributed by atoms with Gasteiger partial charge in [-0.1, -0.05) is 27.2 Å². The van der Waals surface area contributed by atoms with Crippen molar-refractivity contribution >= 4 is 11.8 Å². The van der Waals surface area contributed by atoms with E-state index in [2.05, 4.69) is 39.8 Å². The van der Waals surface area contributed by atoms with E-state index in [4.69, 9.17) is 9.47 Å². The minimum atomic E-state index is -0.603. The first kappa shape index (κ1) is 20.9. The monoisotopic (exact) mass is 392 g/mol. The summed E-state index contributed by atoms with van der Waals surface area (Å²) >= 11 is 1.82. The van der Waals surface area contributed by atoms with Crippen molar-refractivity contribution in [3.8, 4) is 11.5 Å². The molecule has 0 spiro atoms. The van der Waals surface area contributed by atoms with Gasteiger partial charge in [-0.3, -0.25) is 0 Å². The van der Waals surface area contributed by atoms with Crippen LogP contribution in [0.3, 0.4) is 0 Å². The van der Waals surface area contributed by atoms with E-state index in [1.165, 1.54) is 19.3 Å². The first-order valence-electron chi connectivity index (χ1n) is 10.2. The van der Waals surface area contributed by atoms with Crippen LogP contribution in [0.25, 0.3) is 0 Å². The summed E-state index contributed by atoms with van der Waals surface area (Å²) in [7, 11) is 3.37. The van der Waals surface area contributed by atoms with Crippen LogP contribution >= 0.6 is 11.8 Å². The second kappa shape index (κ2) is 7.51. The summed E-state index contributed by atoms with van der Waals surface area (Å²) in [6.45, 7) is 9.38. The largest absolute Gasteiger partial charge is 0.497 e. The number of rotatable bonds is 5. The molecule has 1 aromatic carbocycles. The van der Waals surface area contributed by atoms with Crippen LogP contribution < -0.4 is 9.47 Å². The molecule has 2 fully saturated rings. The molecule has 2 aliphatic carbocycles. The summed E-state index contributed by atoms with van der Waals surface area (Å²) in [5.41, 5.74) is -0.0420. The lowest BCUT2D eigenvalue weighted by Crippen LogP contribution is -2.58. The summed E-state index contributed by atoms with van der Waals surface area (Å²) in [5.74, 6) is 3.52. The predicted octanol–water partition coefficient (Wildman–Crippen LogP) is 5.79. The molecule has 0 aromatic heterocycles. The topological polar surface area (TPSA) is 38.7 Å². The maximum absolute atomic E-state index is 11.3. The van der Waals surface area contributed by atoms with Crippen LogP contribution in [0.4, 0.5) is 0 Å². The fraction of sp³-hybridized carbons (Fsp3) is 0.739. The van der Waals surface area contributed by atoms with Crippen molar-refractivity contribution < 1.29 is 14.6 Å². The van der Waals surface area contributed by atoms with Gasteiger partial charge in [0.15, 0.2) is 0 Å². The van der Waals surface area contributed by atoms with Crippen molar-refractivity contribution in [2.24, 2.45) is 22.7 Å². The third-order valence-corrected chi connectivity index (χ3v) is 8.57. The highest BCUT2D eigenvalue weighted by Crippen LogP contribution is 2.62. The van der Waals surface area contributed by atoms with E-state index in [-0.39, 0.29) is 11.3 Å². The maximum Gasteiger partial charge on any atom is 0.123 e. The smallest absolute Gasteiger partial charge is 0.123 e. The molecular formula is C23H36O3S. The summed E-state index contributed by atoms with van der Waals surface area (Å²) in [5, 5.41) is 11.3. The first-order chi connectivity index (χ1) is 12.6. The van der Waals surface area contributed by atoms with E-state index in [0.717, 1.165) is 35.0 Å². The molecule has 0 heterocycles. The average Bonchev–Trinajstić information content (AvgIpc) is 2.59. The number of hydrogen-bond acceptors (Lipinski definition) is 4. The lowest BCUT2D eigenvalue weighted by atomic mass is 9.46. The Morgan fingerprint density at radius 3 is 2.22 bits per heavy atom. The Bertz CT molecular complexity index is 647. The van der Waals surface area contributed by atoms with Crippen molar-refractivity contribution in [1.82, 2.24) is 0 Å². The van der Waals surface area contributed by atoms with Crippen LogP contribution in [0.5, 0.6) is 11.5 Å². The van der Waals surface area contributed by atoms with Crippen molar-refractivity contribution in [3.05, 3.63) is 18.2 Å². The van der Waals surface area contributed by atoms with Gasteiger partial charge >= 0.3 is 0 Å².